The predicted molar refractivity (Wildman–Crippen MR) is 101 cm³/mol. The van der Waals surface area contributed by atoms with Crippen molar-refractivity contribution in [1.82, 2.24) is 0 Å². The molecule has 30 heavy (non-hydrogen) atoms. The van der Waals surface area contributed by atoms with E-state index in [0.29, 0.717) is 22.3 Å². The van der Waals surface area contributed by atoms with Crippen LogP contribution in [0, 0.1) is 24.7 Å². The van der Waals surface area contributed by atoms with Crippen LogP contribution in [0.25, 0.3) is 0 Å². The summed E-state index contributed by atoms with van der Waals surface area (Å²) in [6.45, 7) is 0. The maximum Gasteiger partial charge on any atom is 0.0900 e. The fourth-order valence-electron chi connectivity index (χ4n) is 6.40. The highest BCUT2D eigenvalue weighted by atomic mass is 16.4. The van der Waals surface area contributed by atoms with E-state index in [9.17, 15) is 40.9 Å². The minimum atomic E-state index is -1.41. The molecule has 8 N–H and O–H groups in total. The van der Waals surface area contributed by atoms with Crippen LogP contribution in [0.4, 0.5) is 0 Å². The first kappa shape index (κ1) is 20.0. The summed E-state index contributed by atoms with van der Waals surface area (Å²) in [5, 5.41) is 84.7. The SMILES string of the molecule is C#Cc1c2c(c(C#C)c3c1C1[C@@H](O)[C@@H](O)C3[C@H](O)[C@@H]1O)C1[C@H](O)[C@H](O)C2[C@@H](O)[C@H]1O. The smallest absolute Gasteiger partial charge is 0.0900 e. The van der Waals surface area contributed by atoms with E-state index in [-0.39, 0.29) is 11.1 Å². The Morgan fingerprint density at radius 2 is 0.567 bits per heavy atom. The van der Waals surface area contributed by atoms with Gasteiger partial charge < -0.3 is 40.9 Å². The molecular formula is C22H22O8. The van der Waals surface area contributed by atoms with Crippen molar-refractivity contribution in [3.63, 3.8) is 0 Å². The molecule has 8 heteroatoms. The molecule has 8 nitrogen and oxygen atoms in total. The van der Waals surface area contributed by atoms with E-state index < -0.39 is 72.5 Å². The van der Waals surface area contributed by atoms with Crippen molar-refractivity contribution in [2.75, 3.05) is 0 Å². The Bertz CT molecular complexity index is 843. The molecule has 0 amide bonds. The van der Waals surface area contributed by atoms with Gasteiger partial charge in [0, 0.05) is 34.8 Å². The van der Waals surface area contributed by atoms with E-state index in [0.717, 1.165) is 0 Å². The maximum atomic E-state index is 10.6. The van der Waals surface area contributed by atoms with E-state index in [2.05, 4.69) is 11.8 Å². The molecule has 8 atom stereocenters. The highest BCUT2D eigenvalue weighted by Gasteiger charge is 2.62. The van der Waals surface area contributed by atoms with E-state index >= 15 is 0 Å². The molecule has 7 rings (SSSR count). The summed E-state index contributed by atoms with van der Waals surface area (Å²) >= 11 is 0. The van der Waals surface area contributed by atoms with Crippen molar-refractivity contribution in [2.45, 2.75) is 72.5 Å². The first-order valence-electron chi connectivity index (χ1n) is 9.80. The summed E-state index contributed by atoms with van der Waals surface area (Å²) in [6.07, 6.45) is 0.283. The average molecular weight is 414 g/mol. The first-order chi connectivity index (χ1) is 14.2. The largest absolute Gasteiger partial charge is 0.390 e. The minimum absolute atomic E-state index is 0.179. The second-order valence-corrected chi connectivity index (χ2v) is 8.72. The molecule has 6 aliphatic carbocycles. The molecule has 4 bridgehead atoms. The van der Waals surface area contributed by atoms with Crippen molar-refractivity contribution in [2.24, 2.45) is 0 Å². The third-order valence-corrected chi connectivity index (χ3v) is 7.62. The number of aliphatic hydroxyl groups excluding tert-OH is 8. The molecule has 1 aromatic carbocycles. The second-order valence-electron chi connectivity index (χ2n) is 8.72. The van der Waals surface area contributed by atoms with Gasteiger partial charge in [0.1, 0.15) is 0 Å². The van der Waals surface area contributed by atoms with Gasteiger partial charge in [-0.3, -0.25) is 0 Å². The van der Waals surface area contributed by atoms with Crippen LogP contribution in [-0.4, -0.2) is 89.7 Å². The molecule has 0 aliphatic heterocycles. The zero-order valence-corrected chi connectivity index (χ0v) is 15.7. The van der Waals surface area contributed by atoms with Crippen LogP contribution < -0.4 is 0 Å². The first-order valence-corrected chi connectivity index (χ1v) is 9.80. The highest BCUT2D eigenvalue weighted by molar-refractivity contribution is 5.70. The summed E-state index contributed by atoms with van der Waals surface area (Å²) in [6, 6.07) is 0. The topological polar surface area (TPSA) is 162 Å². The van der Waals surface area contributed by atoms with Gasteiger partial charge in [-0.1, -0.05) is 11.8 Å². The van der Waals surface area contributed by atoms with Crippen LogP contribution in [0.3, 0.4) is 0 Å². The van der Waals surface area contributed by atoms with E-state index in [1.54, 1.807) is 0 Å². The van der Waals surface area contributed by atoms with Gasteiger partial charge in [-0.2, -0.15) is 0 Å². The Hall–Kier alpha value is -1.98. The fourth-order valence-corrected chi connectivity index (χ4v) is 6.40. The Kier molecular flexibility index (Phi) is 4.17. The van der Waals surface area contributed by atoms with E-state index in [1.165, 1.54) is 0 Å². The summed E-state index contributed by atoms with van der Waals surface area (Å²) in [5.74, 6) is 0.468. The van der Waals surface area contributed by atoms with Gasteiger partial charge in [0.15, 0.2) is 0 Å². The zero-order valence-electron chi connectivity index (χ0n) is 15.7. The van der Waals surface area contributed by atoms with Gasteiger partial charge in [-0.05, 0) is 22.3 Å². The predicted octanol–water partition coefficient (Wildman–Crippen LogP) is -3.07. The van der Waals surface area contributed by atoms with Crippen molar-refractivity contribution in [3.05, 3.63) is 33.4 Å². The summed E-state index contributed by atoms with van der Waals surface area (Å²) < 4.78 is 0. The monoisotopic (exact) mass is 414 g/mol. The lowest BCUT2D eigenvalue weighted by molar-refractivity contribution is -0.152. The third kappa shape index (κ3) is 2.01. The quantitative estimate of drug-likeness (QED) is 0.207. The van der Waals surface area contributed by atoms with Gasteiger partial charge in [0.25, 0.3) is 0 Å². The number of terminal acetylenes is 2. The third-order valence-electron chi connectivity index (χ3n) is 7.62. The van der Waals surface area contributed by atoms with Crippen LogP contribution in [0.5, 0.6) is 0 Å². The Morgan fingerprint density at radius 1 is 0.400 bits per heavy atom. The number of hydrogen-bond acceptors (Lipinski definition) is 8. The standard InChI is InChI=1S/C22H22O8/c1-3-5-7-9(13-19(27)15(23)11(7)16(24)20(13)28)6(4-2)10-8(5)12-17(25)21(29)14(10)22(30)18(12)26/h1-2,11-30H/t11?,12?,13?,14?,15-,16-,17-,18-,19+,20+,21+,22+. The number of aliphatic hydroxyl groups is 8. The minimum Gasteiger partial charge on any atom is -0.390 e. The van der Waals surface area contributed by atoms with Crippen LogP contribution >= 0.6 is 0 Å². The highest BCUT2D eigenvalue weighted by Crippen LogP contribution is 2.59. The molecule has 1 aromatic rings. The van der Waals surface area contributed by atoms with Gasteiger partial charge in [0.05, 0.1) is 48.8 Å². The van der Waals surface area contributed by atoms with Crippen LogP contribution in [-0.2, 0) is 0 Å². The lowest BCUT2D eigenvalue weighted by atomic mass is 9.53. The Labute approximate surface area is 172 Å². The molecule has 0 spiro atoms. The lowest BCUT2D eigenvalue weighted by Gasteiger charge is -2.55. The Balaban J connectivity index is 1.94. The van der Waals surface area contributed by atoms with Crippen LogP contribution in [0.2, 0.25) is 0 Å². The number of fused-ring (bicyclic) bond motifs is 4. The van der Waals surface area contributed by atoms with Crippen molar-refractivity contribution < 1.29 is 40.9 Å². The molecule has 6 aliphatic rings. The second kappa shape index (κ2) is 6.27. The molecule has 0 aromatic heterocycles. The number of rotatable bonds is 0. The molecule has 158 valence electrons. The van der Waals surface area contributed by atoms with E-state index in [4.69, 9.17) is 12.8 Å². The molecule has 2 fully saturated rings. The normalized spacial score (nSPS) is 47.9. The molecular weight excluding hydrogens is 392 g/mol. The number of hydrogen-bond donors (Lipinski definition) is 8. The average Bonchev–Trinajstić information content (AvgIpc) is 2.71. The molecule has 0 unspecified atom stereocenters. The van der Waals surface area contributed by atoms with Crippen molar-refractivity contribution >= 4 is 0 Å². The molecule has 0 radical (unpaired) electrons. The summed E-state index contributed by atoms with van der Waals surface area (Å²) in [4.78, 5) is 0. The van der Waals surface area contributed by atoms with Gasteiger partial charge >= 0.3 is 0 Å². The van der Waals surface area contributed by atoms with Crippen molar-refractivity contribution in [3.8, 4) is 24.7 Å². The van der Waals surface area contributed by atoms with E-state index in [1.807, 2.05) is 0 Å². The van der Waals surface area contributed by atoms with Crippen molar-refractivity contribution in [1.29, 1.82) is 0 Å². The number of benzene rings is 1. The van der Waals surface area contributed by atoms with Gasteiger partial charge in [-0.25, -0.2) is 0 Å². The Morgan fingerprint density at radius 3 is 0.700 bits per heavy atom. The zero-order chi connectivity index (χ0) is 21.8. The summed E-state index contributed by atoms with van der Waals surface area (Å²) in [7, 11) is 0. The lowest BCUT2D eigenvalue weighted by Crippen LogP contribution is -2.62. The molecule has 0 heterocycles. The molecule has 2 saturated carbocycles. The fraction of sp³-hybridized carbons (Fsp3) is 0.545. The van der Waals surface area contributed by atoms with Crippen LogP contribution in [0.1, 0.15) is 57.1 Å². The van der Waals surface area contributed by atoms with Gasteiger partial charge in [-0.15, -0.1) is 12.8 Å². The molecule has 0 saturated heterocycles. The van der Waals surface area contributed by atoms with Crippen LogP contribution in [0.15, 0.2) is 0 Å². The maximum absolute atomic E-state index is 10.6. The van der Waals surface area contributed by atoms with Gasteiger partial charge in [0.2, 0.25) is 0 Å². The summed E-state index contributed by atoms with van der Waals surface area (Å²) in [5.41, 5.74) is 1.53.